The summed E-state index contributed by atoms with van der Waals surface area (Å²) in [4.78, 5) is 23.2. The molecule has 23 heavy (non-hydrogen) atoms. The van der Waals surface area contributed by atoms with Crippen LogP contribution in [0, 0.1) is 13.8 Å². The Labute approximate surface area is 136 Å². The monoisotopic (exact) mass is 316 g/mol. The van der Waals surface area contributed by atoms with Gasteiger partial charge >= 0.3 is 0 Å². The van der Waals surface area contributed by atoms with Crippen LogP contribution in [0.5, 0.6) is 0 Å². The number of rotatable bonds is 4. The molecule has 1 aliphatic rings. The minimum absolute atomic E-state index is 0.179. The van der Waals surface area contributed by atoms with Gasteiger partial charge in [0.25, 0.3) is 11.7 Å². The molecule has 7 nitrogen and oxygen atoms in total. The Balaban J connectivity index is 1.61. The van der Waals surface area contributed by atoms with Crippen LogP contribution in [0.4, 0.5) is 0 Å². The van der Waals surface area contributed by atoms with Crippen molar-refractivity contribution in [2.24, 2.45) is 0 Å². The van der Waals surface area contributed by atoms with Gasteiger partial charge in [-0.1, -0.05) is 6.42 Å². The van der Waals surface area contributed by atoms with E-state index in [4.69, 9.17) is 0 Å². The zero-order valence-corrected chi connectivity index (χ0v) is 14.0. The van der Waals surface area contributed by atoms with Gasteiger partial charge in [0.2, 0.25) is 5.82 Å². The molecule has 2 aromatic rings. The number of nitrogens with zero attached hydrogens (tertiary/aromatic N) is 5. The van der Waals surface area contributed by atoms with Crippen LogP contribution < -0.4 is 5.32 Å². The third-order valence-electron chi connectivity index (χ3n) is 4.45. The number of hydrogen-bond acceptors (Lipinski definition) is 5. The third-order valence-corrected chi connectivity index (χ3v) is 4.45. The Morgan fingerprint density at radius 1 is 1.35 bits per heavy atom. The van der Waals surface area contributed by atoms with Crippen LogP contribution in [0.3, 0.4) is 0 Å². The van der Waals surface area contributed by atoms with Crippen molar-refractivity contribution in [3.63, 3.8) is 0 Å². The first-order valence-electron chi connectivity index (χ1n) is 8.28. The maximum Gasteiger partial charge on any atom is 0.291 e. The van der Waals surface area contributed by atoms with Crippen LogP contribution >= 0.6 is 0 Å². The number of hydrogen-bond donors (Lipinski definition) is 1. The molecule has 1 amide bonds. The van der Waals surface area contributed by atoms with E-state index in [0.29, 0.717) is 18.4 Å². The van der Waals surface area contributed by atoms with Crippen LogP contribution in [0.2, 0.25) is 0 Å². The van der Waals surface area contributed by atoms with E-state index in [1.165, 1.54) is 19.3 Å². The molecule has 1 N–H and O–H groups in total. The average molecular weight is 316 g/mol. The molecule has 1 unspecified atom stereocenters. The van der Waals surface area contributed by atoms with E-state index >= 15 is 0 Å². The van der Waals surface area contributed by atoms with Crippen molar-refractivity contribution in [3.05, 3.63) is 23.3 Å². The molecule has 0 aromatic carbocycles. The molecule has 1 saturated heterocycles. The topological polar surface area (TPSA) is 75.4 Å². The summed E-state index contributed by atoms with van der Waals surface area (Å²) in [6.45, 7) is 8.69. The van der Waals surface area contributed by atoms with Crippen LogP contribution in [0.1, 0.15) is 48.2 Å². The van der Waals surface area contributed by atoms with Gasteiger partial charge < -0.3 is 5.32 Å². The largest absolute Gasteiger partial charge is 0.348 e. The van der Waals surface area contributed by atoms with Gasteiger partial charge in [-0.15, -0.1) is 5.10 Å². The summed E-state index contributed by atoms with van der Waals surface area (Å²) in [6.07, 6.45) is 3.80. The van der Waals surface area contributed by atoms with Crippen molar-refractivity contribution in [2.45, 2.75) is 46.1 Å². The number of likely N-dealkylation sites (tertiary alicyclic amines) is 1. The average Bonchev–Trinajstić information content (AvgIpc) is 2.93. The lowest BCUT2D eigenvalue weighted by Gasteiger charge is -2.33. The Bertz CT molecular complexity index is 710. The quantitative estimate of drug-likeness (QED) is 0.921. The lowest BCUT2D eigenvalue weighted by Crippen LogP contribution is -2.42. The predicted octanol–water partition coefficient (Wildman–Crippen LogP) is 1.35. The second-order valence-electron chi connectivity index (χ2n) is 6.32. The Hall–Kier alpha value is -2.02. The lowest BCUT2D eigenvalue weighted by atomic mass is 10.0. The number of nitrogens with one attached hydrogen (secondary N) is 1. The first-order valence-corrected chi connectivity index (χ1v) is 8.28. The van der Waals surface area contributed by atoms with Crippen LogP contribution in [-0.4, -0.2) is 56.1 Å². The highest BCUT2D eigenvalue weighted by atomic mass is 16.2. The van der Waals surface area contributed by atoms with Gasteiger partial charge in [0.1, 0.15) is 0 Å². The van der Waals surface area contributed by atoms with Gasteiger partial charge in [-0.25, -0.2) is 9.50 Å². The van der Waals surface area contributed by atoms with E-state index in [2.05, 4.69) is 32.2 Å². The number of aryl methyl sites for hydroxylation is 2. The molecule has 3 heterocycles. The third kappa shape index (κ3) is 3.50. The summed E-state index contributed by atoms with van der Waals surface area (Å²) in [5, 5.41) is 7.17. The number of piperidine rings is 1. The summed E-state index contributed by atoms with van der Waals surface area (Å²) < 4.78 is 1.61. The van der Waals surface area contributed by atoms with Crippen molar-refractivity contribution < 1.29 is 4.79 Å². The van der Waals surface area contributed by atoms with E-state index in [9.17, 15) is 4.79 Å². The highest BCUT2D eigenvalue weighted by Crippen LogP contribution is 2.15. The molecule has 1 aliphatic heterocycles. The van der Waals surface area contributed by atoms with Crippen molar-refractivity contribution in [1.82, 2.24) is 29.8 Å². The summed E-state index contributed by atoms with van der Waals surface area (Å²) in [7, 11) is 0. The van der Waals surface area contributed by atoms with Gasteiger partial charge in [0.05, 0.1) is 0 Å². The smallest absolute Gasteiger partial charge is 0.291 e. The minimum Gasteiger partial charge on any atom is -0.348 e. The van der Waals surface area contributed by atoms with Crippen LogP contribution in [0.25, 0.3) is 5.78 Å². The van der Waals surface area contributed by atoms with Gasteiger partial charge in [0, 0.05) is 30.5 Å². The van der Waals surface area contributed by atoms with Crippen molar-refractivity contribution in [2.75, 3.05) is 19.6 Å². The standard InChI is InChI=1S/C16H24N6O/c1-11-10-13(3)22-16(18-11)19-14(20-22)15(23)17-7-9-21-8-5-4-6-12(21)2/h10,12H,4-9H2,1-3H3,(H,17,23). The zero-order chi connectivity index (χ0) is 16.4. The number of carbonyl (C=O) groups excluding carboxylic acids is 1. The predicted molar refractivity (Wildman–Crippen MR) is 87.5 cm³/mol. The van der Waals surface area contributed by atoms with Crippen LogP contribution in [-0.2, 0) is 0 Å². The molecule has 7 heteroatoms. The molecule has 0 saturated carbocycles. The summed E-state index contributed by atoms with van der Waals surface area (Å²) in [5.74, 6) is 0.410. The van der Waals surface area contributed by atoms with Crippen LogP contribution in [0.15, 0.2) is 6.07 Å². The second kappa shape index (κ2) is 6.62. The van der Waals surface area contributed by atoms with Gasteiger partial charge in [-0.05, 0) is 46.2 Å². The highest BCUT2D eigenvalue weighted by molar-refractivity contribution is 5.90. The first kappa shape index (κ1) is 15.9. The molecule has 0 spiro atoms. The fourth-order valence-corrected chi connectivity index (χ4v) is 3.14. The van der Waals surface area contributed by atoms with E-state index in [1.807, 2.05) is 19.9 Å². The number of aromatic nitrogens is 4. The second-order valence-corrected chi connectivity index (χ2v) is 6.32. The van der Waals surface area contributed by atoms with E-state index < -0.39 is 0 Å². The highest BCUT2D eigenvalue weighted by Gasteiger charge is 2.19. The number of carbonyl (C=O) groups is 1. The van der Waals surface area contributed by atoms with Gasteiger partial charge in [-0.2, -0.15) is 4.98 Å². The fraction of sp³-hybridized carbons (Fsp3) is 0.625. The molecule has 3 rings (SSSR count). The SMILES string of the molecule is Cc1cc(C)n2nc(C(=O)NCCN3CCCCC3C)nc2n1. The van der Waals surface area contributed by atoms with Gasteiger partial charge in [-0.3, -0.25) is 9.69 Å². The molecule has 1 atom stereocenters. The lowest BCUT2D eigenvalue weighted by molar-refractivity contribution is 0.0928. The molecular weight excluding hydrogens is 292 g/mol. The molecule has 124 valence electrons. The van der Waals surface area contributed by atoms with Crippen molar-refractivity contribution >= 4 is 11.7 Å². The first-order chi connectivity index (χ1) is 11.0. The van der Waals surface area contributed by atoms with E-state index in [0.717, 1.165) is 24.5 Å². The molecule has 1 fully saturated rings. The molecule has 0 aliphatic carbocycles. The Morgan fingerprint density at radius 2 is 2.17 bits per heavy atom. The molecule has 0 radical (unpaired) electrons. The minimum atomic E-state index is -0.239. The van der Waals surface area contributed by atoms with Crippen molar-refractivity contribution in [3.8, 4) is 0 Å². The Morgan fingerprint density at radius 3 is 2.96 bits per heavy atom. The normalized spacial score (nSPS) is 19.2. The van der Waals surface area contributed by atoms with E-state index in [1.54, 1.807) is 4.52 Å². The Kier molecular flexibility index (Phi) is 4.56. The number of amides is 1. The molecular formula is C16H24N6O. The maximum absolute atomic E-state index is 12.2. The maximum atomic E-state index is 12.2. The fourth-order valence-electron chi connectivity index (χ4n) is 3.14. The summed E-state index contributed by atoms with van der Waals surface area (Å²) in [5.41, 5.74) is 1.79. The van der Waals surface area contributed by atoms with Crippen molar-refractivity contribution in [1.29, 1.82) is 0 Å². The zero-order valence-electron chi connectivity index (χ0n) is 14.0. The molecule has 2 aromatic heterocycles. The number of fused-ring (bicyclic) bond motifs is 1. The summed E-state index contributed by atoms with van der Waals surface area (Å²) >= 11 is 0. The van der Waals surface area contributed by atoms with Gasteiger partial charge in [0.15, 0.2) is 0 Å². The van der Waals surface area contributed by atoms with E-state index in [-0.39, 0.29) is 11.7 Å². The summed E-state index contributed by atoms with van der Waals surface area (Å²) in [6, 6.07) is 2.52. The molecule has 0 bridgehead atoms.